The lowest BCUT2D eigenvalue weighted by molar-refractivity contribution is -0.385. The molecule has 1 atom stereocenters. The molecule has 0 aliphatic rings. The summed E-state index contributed by atoms with van der Waals surface area (Å²) < 4.78 is 48.4. The lowest BCUT2D eigenvalue weighted by Crippen LogP contribution is -2.50. The third-order valence-corrected chi connectivity index (χ3v) is 3.58. The zero-order valence-electron chi connectivity index (χ0n) is 16.0. The van der Waals surface area contributed by atoms with Gasteiger partial charge in [0, 0.05) is 19.5 Å². The first-order valence-electron chi connectivity index (χ1n) is 8.05. The number of methoxy groups -OCH3 is 1. The third kappa shape index (κ3) is 6.10. The maximum Gasteiger partial charge on any atom is 0.471 e. The number of nitrogens with zero attached hydrogens (tertiary/aromatic N) is 2. The van der Waals surface area contributed by atoms with E-state index >= 15 is 0 Å². The van der Waals surface area contributed by atoms with E-state index in [1.165, 1.54) is 40.0 Å². The summed E-state index contributed by atoms with van der Waals surface area (Å²) >= 11 is 0. The first-order chi connectivity index (χ1) is 12.7. The van der Waals surface area contributed by atoms with Crippen LogP contribution < -0.4 is 4.74 Å². The van der Waals surface area contributed by atoms with Crippen molar-refractivity contribution < 1.29 is 37.2 Å². The highest BCUT2D eigenvalue weighted by Crippen LogP contribution is 2.29. The van der Waals surface area contributed by atoms with Crippen molar-refractivity contribution in [2.24, 2.45) is 0 Å². The van der Waals surface area contributed by atoms with Gasteiger partial charge in [-0.1, -0.05) is 6.07 Å². The monoisotopic (exact) mass is 406 g/mol. The van der Waals surface area contributed by atoms with E-state index in [1.54, 1.807) is 0 Å². The molecule has 1 aromatic carbocycles. The van der Waals surface area contributed by atoms with Crippen LogP contribution in [0.3, 0.4) is 0 Å². The Balaban J connectivity index is 3.29. The van der Waals surface area contributed by atoms with Gasteiger partial charge in [-0.2, -0.15) is 13.2 Å². The van der Waals surface area contributed by atoms with E-state index in [2.05, 4.69) is 0 Å². The predicted molar refractivity (Wildman–Crippen MR) is 91.8 cm³/mol. The summed E-state index contributed by atoms with van der Waals surface area (Å²) in [5.74, 6) is -3.35. The van der Waals surface area contributed by atoms with Crippen molar-refractivity contribution in [2.45, 2.75) is 45.0 Å². The van der Waals surface area contributed by atoms with Gasteiger partial charge in [-0.05, 0) is 32.4 Å². The van der Waals surface area contributed by atoms with Crippen molar-refractivity contribution in [2.75, 3.05) is 14.2 Å². The van der Waals surface area contributed by atoms with Gasteiger partial charge in [-0.25, -0.2) is 4.79 Å². The van der Waals surface area contributed by atoms with Gasteiger partial charge in [0.05, 0.1) is 12.0 Å². The van der Waals surface area contributed by atoms with E-state index in [0.717, 1.165) is 13.1 Å². The summed E-state index contributed by atoms with van der Waals surface area (Å²) in [7, 11) is 2.05. The van der Waals surface area contributed by atoms with Gasteiger partial charge in [-0.3, -0.25) is 14.9 Å². The Bertz CT molecular complexity index is 758. The molecule has 28 heavy (non-hydrogen) atoms. The quantitative estimate of drug-likeness (QED) is 0.409. The number of alkyl halides is 3. The van der Waals surface area contributed by atoms with E-state index in [-0.39, 0.29) is 16.2 Å². The average molecular weight is 406 g/mol. The van der Waals surface area contributed by atoms with Gasteiger partial charge in [0.25, 0.3) is 0 Å². The molecule has 0 saturated heterocycles. The molecule has 0 aliphatic heterocycles. The normalized spacial score (nSPS) is 12.9. The van der Waals surface area contributed by atoms with E-state index in [1.807, 2.05) is 0 Å². The first kappa shape index (κ1) is 23.2. The average Bonchev–Trinajstić information content (AvgIpc) is 2.55. The molecule has 0 aromatic heterocycles. The lowest BCUT2D eigenvalue weighted by Gasteiger charge is -2.30. The van der Waals surface area contributed by atoms with Crippen molar-refractivity contribution in [3.8, 4) is 5.75 Å². The number of rotatable bonds is 6. The van der Waals surface area contributed by atoms with Crippen LogP contribution in [0.4, 0.5) is 18.9 Å². The standard InChI is InChI=1S/C17H21F3N2O6/c1-16(2,3)28-14(23)12(21(4)15(24)17(18,19)20)9-10-6-7-13(27-5)11(8-10)22(25)26/h6-8,12H,9H2,1-5H3/t12-/m0/s1. The minimum Gasteiger partial charge on any atom is -0.490 e. The number of likely N-dealkylation sites (N-methyl/N-ethyl adjacent to an activating group) is 1. The SMILES string of the molecule is COc1ccc(C[C@@H](C(=O)OC(C)(C)C)N(C)C(=O)C(F)(F)F)cc1[N+](=O)[O-]. The van der Waals surface area contributed by atoms with Crippen LogP contribution in [0.15, 0.2) is 18.2 Å². The van der Waals surface area contributed by atoms with Crippen molar-refractivity contribution >= 4 is 17.6 Å². The Morgan fingerprint density at radius 2 is 1.82 bits per heavy atom. The van der Waals surface area contributed by atoms with Crippen LogP contribution in [0, 0.1) is 10.1 Å². The highest BCUT2D eigenvalue weighted by atomic mass is 19.4. The largest absolute Gasteiger partial charge is 0.490 e. The second-order valence-corrected chi connectivity index (χ2v) is 6.93. The third-order valence-electron chi connectivity index (χ3n) is 3.58. The smallest absolute Gasteiger partial charge is 0.471 e. The van der Waals surface area contributed by atoms with Gasteiger partial charge in [0.15, 0.2) is 5.75 Å². The van der Waals surface area contributed by atoms with Crippen molar-refractivity contribution in [3.63, 3.8) is 0 Å². The fraction of sp³-hybridized carbons (Fsp3) is 0.529. The van der Waals surface area contributed by atoms with Crippen LogP contribution in [-0.4, -0.2) is 53.7 Å². The van der Waals surface area contributed by atoms with Gasteiger partial charge in [-0.15, -0.1) is 0 Å². The summed E-state index contributed by atoms with van der Waals surface area (Å²) in [6.45, 7) is 4.56. The number of amides is 1. The summed E-state index contributed by atoms with van der Waals surface area (Å²) in [6, 6.07) is 2.05. The van der Waals surface area contributed by atoms with Crippen LogP contribution in [0.1, 0.15) is 26.3 Å². The Morgan fingerprint density at radius 1 is 1.25 bits per heavy atom. The minimum atomic E-state index is -5.19. The van der Waals surface area contributed by atoms with Crippen molar-refractivity contribution in [1.29, 1.82) is 0 Å². The van der Waals surface area contributed by atoms with Gasteiger partial charge in [0.1, 0.15) is 11.6 Å². The molecule has 0 bridgehead atoms. The minimum absolute atomic E-state index is 0.0534. The highest BCUT2D eigenvalue weighted by molar-refractivity contribution is 5.87. The Morgan fingerprint density at radius 3 is 2.25 bits per heavy atom. The van der Waals surface area contributed by atoms with Crippen LogP contribution in [-0.2, 0) is 20.7 Å². The summed E-state index contributed by atoms with van der Waals surface area (Å²) in [5.41, 5.74) is -1.28. The molecule has 1 rings (SSSR count). The maximum absolute atomic E-state index is 12.8. The fourth-order valence-electron chi connectivity index (χ4n) is 2.32. The van der Waals surface area contributed by atoms with E-state index in [0.29, 0.717) is 0 Å². The number of esters is 1. The molecular formula is C17H21F3N2O6. The molecule has 1 aromatic rings. The molecular weight excluding hydrogens is 385 g/mol. The Kier molecular flexibility index (Phi) is 6.99. The van der Waals surface area contributed by atoms with E-state index < -0.39 is 46.7 Å². The van der Waals surface area contributed by atoms with Crippen LogP contribution in [0.5, 0.6) is 5.75 Å². The number of benzene rings is 1. The first-order valence-corrected chi connectivity index (χ1v) is 8.05. The number of halogens is 3. The van der Waals surface area contributed by atoms with Crippen LogP contribution in [0.25, 0.3) is 0 Å². The molecule has 0 radical (unpaired) electrons. The highest BCUT2D eigenvalue weighted by Gasteiger charge is 2.45. The molecule has 11 heteroatoms. The molecule has 0 aliphatic carbocycles. The van der Waals surface area contributed by atoms with Gasteiger partial charge in [0.2, 0.25) is 0 Å². The second kappa shape index (κ2) is 8.44. The second-order valence-electron chi connectivity index (χ2n) is 6.93. The van der Waals surface area contributed by atoms with Crippen molar-refractivity contribution in [3.05, 3.63) is 33.9 Å². The number of nitro groups is 1. The zero-order valence-corrected chi connectivity index (χ0v) is 16.0. The van der Waals surface area contributed by atoms with E-state index in [4.69, 9.17) is 9.47 Å². The molecule has 1 amide bonds. The molecule has 0 N–H and O–H groups in total. The summed E-state index contributed by atoms with van der Waals surface area (Å²) in [5, 5.41) is 11.1. The Labute approximate surface area is 159 Å². The molecule has 0 spiro atoms. The van der Waals surface area contributed by atoms with Crippen molar-refractivity contribution in [1.82, 2.24) is 4.90 Å². The molecule has 0 saturated carbocycles. The number of hydrogen-bond donors (Lipinski definition) is 0. The number of carbonyl (C=O) groups excluding carboxylic acids is 2. The van der Waals surface area contributed by atoms with E-state index in [9.17, 15) is 32.9 Å². The lowest BCUT2D eigenvalue weighted by atomic mass is 10.0. The summed E-state index contributed by atoms with van der Waals surface area (Å²) in [4.78, 5) is 34.7. The number of nitro benzene ring substituents is 1. The van der Waals surface area contributed by atoms with Crippen LogP contribution >= 0.6 is 0 Å². The molecule has 0 heterocycles. The van der Waals surface area contributed by atoms with Gasteiger partial charge >= 0.3 is 23.7 Å². The Hall–Kier alpha value is -2.85. The van der Waals surface area contributed by atoms with Gasteiger partial charge < -0.3 is 14.4 Å². The molecule has 8 nitrogen and oxygen atoms in total. The number of carbonyl (C=O) groups is 2. The van der Waals surface area contributed by atoms with Crippen LogP contribution in [0.2, 0.25) is 0 Å². The number of hydrogen-bond acceptors (Lipinski definition) is 6. The molecule has 0 unspecified atom stereocenters. The number of ether oxygens (including phenoxy) is 2. The zero-order chi connectivity index (χ0) is 21.9. The topological polar surface area (TPSA) is 99.0 Å². The maximum atomic E-state index is 12.8. The predicted octanol–water partition coefficient (Wildman–Crippen LogP) is 2.88. The summed E-state index contributed by atoms with van der Waals surface area (Å²) in [6.07, 6.45) is -5.61. The fourth-order valence-corrected chi connectivity index (χ4v) is 2.32. The molecule has 156 valence electrons. The molecule has 0 fully saturated rings.